The van der Waals surface area contributed by atoms with Gasteiger partial charge in [0.05, 0.1) is 12.1 Å². The third-order valence-electron chi connectivity index (χ3n) is 5.32. The van der Waals surface area contributed by atoms with Crippen molar-refractivity contribution in [2.24, 2.45) is 0 Å². The van der Waals surface area contributed by atoms with E-state index >= 15 is 0 Å². The van der Waals surface area contributed by atoms with Gasteiger partial charge in [0, 0.05) is 31.9 Å². The number of carbonyl (C=O) groups is 2. The summed E-state index contributed by atoms with van der Waals surface area (Å²) in [7, 11) is 0. The second-order valence-corrected chi connectivity index (χ2v) is 7.63. The summed E-state index contributed by atoms with van der Waals surface area (Å²) >= 11 is 0. The number of rotatable bonds is 5. The first kappa shape index (κ1) is 20.8. The number of amides is 2. The molecule has 0 spiro atoms. The van der Waals surface area contributed by atoms with Gasteiger partial charge in [-0.3, -0.25) is 14.5 Å². The van der Waals surface area contributed by atoms with Crippen LogP contribution in [-0.4, -0.2) is 54.3 Å². The number of nitrogens with zero attached hydrogens (tertiary/aromatic N) is 2. The lowest BCUT2D eigenvalue weighted by Crippen LogP contribution is -2.50. The van der Waals surface area contributed by atoms with Crippen LogP contribution in [0.25, 0.3) is 11.3 Å². The zero-order valence-electron chi connectivity index (χ0n) is 17.3. The molecule has 1 fully saturated rings. The molecule has 3 aromatic rings. The summed E-state index contributed by atoms with van der Waals surface area (Å²) in [4.78, 5) is 28.8. The maximum Gasteiger partial charge on any atom is 0.289 e. The lowest BCUT2D eigenvalue weighted by Gasteiger charge is -2.33. The van der Waals surface area contributed by atoms with Crippen LogP contribution in [0, 0.1) is 12.7 Å². The largest absolute Gasteiger partial charge is 0.451 e. The van der Waals surface area contributed by atoms with Gasteiger partial charge in [-0.1, -0.05) is 29.8 Å². The van der Waals surface area contributed by atoms with Gasteiger partial charge in [0.15, 0.2) is 5.76 Å². The lowest BCUT2D eigenvalue weighted by atomic mass is 10.1. The Morgan fingerprint density at radius 2 is 1.68 bits per heavy atom. The fourth-order valence-corrected chi connectivity index (χ4v) is 3.56. The van der Waals surface area contributed by atoms with E-state index in [-0.39, 0.29) is 24.1 Å². The third-order valence-corrected chi connectivity index (χ3v) is 5.32. The molecule has 0 saturated carbocycles. The van der Waals surface area contributed by atoms with Crippen molar-refractivity contribution in [3.05, 3.63) is 77.8 Å². The van der Waals surface area contributed by atoms with Crippen LogP contribution < -0.4 is 5.32 Å². The molecular formula is C24H24FN3O3. The number of nitrogens with one attached hydrogen (secondary N) is 1. The van der Waals surface area contributed by atoms with Gasteiger partial charge < -0.3 is 14.6 Å². The molecule has 1 aliphatic heterocycles. The number of aryl methyl sites for hydroxylation is 1. The molecule has 0 aliphatic carbocycles. The molecule has 1 aliphatic rings. The van der Waals surface area contributed by atoms with Gasteiger partial charge in [-0.05, 0) is 43.3 Å². The Kier molecular flexibility index (Phi) is 6.13. The molecule has 0 bridgehead atoms. The Morgan fingerprint density at radius 3 is 2.39 bits per heavy atom. The van der Waals surface area contributed by atoms with Gasteiger partial charge in [0.25, 0.3) is 5.91 Å². The predicted octanol–water partition coefficient (Wildman–Crippen LogP) is 3.79. The fraction of sp³-hybridized carbons (Fsp3) is 0.250. The first-order valence-electron chi connectivity index (χ1n) is 10.2. The second-order valence-electron chi connectivity index (χ2n) is 7.63. The molecule has 160 valence electrons. The van der Waals surface area contributed by atoms with Crippen molar-refractivity contribution in [2.45, 2.75) is 6.92 Å². The van der Waals surface area contributed by atoms with E-state index in [9.17, 15) is 14.0 Å². The first-order chi connectivity index (χ1) is 15.0. The number of furan rings is 1. The minimum Gasteiger partial charge on any atom is -0.451 e. The molecule has 0 radical (unpaired) electrons. The maximum atomic E-state index is 13.9. The van der Waals surface area contributed by atoms with E-state index in [0.717, 1.165) is 11.3 Å². The minimum atomic E-state index is -0.395. The number of piperazine rings is 1. The number of benzene rings is 2. The summed E-state index contributed by atoms with van der Waals surface area (Å²) in [6, 6.07) is 17.1. The molecule has 2 heterocycles. The molecule has 1 aromatic heterocycles. The summed E-state index contributed by atoms with van der Waals surface area (Å²) in [5.74, 6) is -0.194. The standard InChI is InChI=1S/C24H24FN3O3/c1-17-6-8-18(9-7-17)26-23(29)16-27-12-14-28(15-13-27)24(30)22-11-10-21(31-22)19-4-2-3-5-20(19)25/h2-11H,12-16H2,1H3,(H,26,29). The van der Waals surface area contributed by atoms with Crippen LogP contribution in [0.2, 0.25) is 0 Å². The number of hydrogen-bond acceptors (Lipinski definition) is 4. The average Bonchev–Trinajstić information content (AvgIpc) is 3.26. The Bertz CT molecular complexity index is 1070. The molecule has 6 nitrogen and oxygen atoms in total. The Labute approximate surface area is 180 Å². The molecule has 0 atom stereocenters. The van der Waals surface area contributed by atoms with E-state index in [2.05, 4.69) is 5.32 Å². The van der Waals surface area contributed by atoms with Crippen LogP contribution in [0.1, 0.15) is 16.1 Å². The number of anilines is 1. The van der Waals surface area contributed by atoms with Gasteiger partial charge in [-0.2, -0.15) is 0 Å². The molecule has 2 aromatic carbocycles. The van der Waals surface area contributed by atoms with Crippen molar-refractivity contribution in [3.63, 3.8) is 0 Å². The van der Waals surface area contributed by atoms with Crippen molar-refractivity contribution in [1.82, 2.24) is 9.80 Å². The van der Waals surface area contributed by atoms with Crippen molar-refractivity contribution >= 4 is 17.5 Å². The van der Waals surface area contributed by atoms with E-state index in [1.54, 1.807) is 35.2 Å². The predicted molar refractivity (Wildman–Crippen MR) is 116 cm³/mol. The van der Waals surface area contributed by atoms with Crippen LogP contribution in [0.5, 0.6) is 0 Å². The van der Waals surface area contributed by atoms with Gasteiger partial charge in [0.2, 0.25) is 5.91 Å². The van der Waals surface area contributed by atoms with E-state index in [1.165, 1.54) is 6.07 Å². The topological polar surface area (TPSA) is 65.8 Å². The fourth-order valence-electron chi connectivity index (χ4n) is 3.56. The molecule has 1 N–H and O–H groups in total. The number of carbonyl (C=O) groups excluding carboxylic acids is 2. The quantitative estimate of drug-likeness (QED) is 0.681. The molecular weight excluding hydrogens is 397 g/mol. The van der Waals surface area contributed by atoms with Crippen molar-refractivity contribution < 1.29 is 18.4 Å². The third kappa shape index (κ3) is 5.00. The number of hydrogen-bond donors (Lipinski definition) is 1. The summed E-state index contributed by atoms with van der Waals surface area (Å²) < 4.78 is 19.6. The van der Waals surface area contributed by atoms with Gasteiger partial charge in [0.1, 0.15) is 11.6 Å². The van der Waals surface area contributed by atoms with Crippen LogP contribution >= 0.6 is 0 Å². The van der Waals surface area contributed by atoms with E-state index in [0.29, 0.717) is 37.5 Å². The second kappa shape index (κ2) is 9.14. The monoisotopic (exact) mass is 421 g/mol. The normalized spacial score (nSPS) is 14.5. The SMILES string of the molecule is Cc1ccc(NC(=O)CN2CCN(C(=O)c3ccc(-c4ccccc4F)o3)CC2)cc1. The van der Waals surface area contributed by atoms with Crippen molar-refractivity contribution in [2.75, 3.05) is 38.0 Å². The minimum absolute atomic E-state index is 0.0795. The molecule has 1 saturated heterocycles. The zero-order chi connectivity index (χ0) is 21.8. The highest BCUT2D eigenvalue weighted by Crippen LogP contribution is 2.25. The number of halogens is 1. The van der Waals surface area contributed by atoms with Gasteiger partial charge in [-0.25, -0.2) is 4.39 Å². The molecule has 0 unspecified atom stereocenters. The molecule has 4 rings (SSSR count). The highest BCUT2D eigenvalue weighted by Gasteiger charge is 2.25. The van der Waals surface area contributed by atoms with E-state index in [1.807, 2.05) is 36.1 Å². The average molecular weight is 421 g/mol. The zero-order valence-corrected chi connectivity index (χ0v) is 17.3. The lowest BCUT2D eigenvalue weighted by molar-refractivity contribution is -0.117. The smallest absolute Gasteiger partial charge is 0.289 e. The summed E-state index contributed by atoms with van der Waals surface area (Å²) in [5.41, 5.74) is 2.23. The molecule has 2 amide bonds. The highest BCUT2D eigenvalue weighted by atomic mass is 19.1. The van der Waals surface area contributed by atoms with Crippen LogP contribution in [0.15, 0.2) is 65.1 Å². The maximum absolute atomic E-state index is 13.9. The van der Waals surface area contributed by atoms with Crippen molar-refractivity contribution in [1.29, 1.82) is 0 Å². The van der Waals surface area contributed by atoms with Crippen LogP contribution in [0.3, 0.4) is 0 Å². The van der Waals surface area contributed by atoms with Crippen molar-refractivity contribution in [3.8, 4) is 11.3 Å². The highest BCUT2D eigenvalue weighted by molar-refractivity contribution is 5.93. The Balaban J connectivity index is 1.29. The Hall–Kier alpha value is -3.45. The van der Waals surface area contributed by atoms with E-state index in [4.69, 9.17) is 4.42 Å². The summed E-state index contributed by atoms with van der Waals surface area (Å²) in [6.45, 7) is 4.44. The van der Waals surface area contributed by atoms with Crippen LogP contribution in [-0.2, 0) is 4.79 Å². The van der Waals surface area contributed by atoms with Crippen LogP contribution in [0.4, 0.5) is 10.1 Å². The van der Waals surface area contributed by atoms with E-state index < -0.39 is 5.82 Å². The summed E-state index contributed by atoms with van der Waals surface area (Å²) in [5, 5.41) is 2.89. The Morgan fingerprint density at radius 1 is 0.968 bits per heavy atom. The molecule has 7 heteroatoms. The summed E-state index contributed by atoms with van der Waals surface area (Å²) in [6.07, 6.45) is 0. The van der Waals surface area contributed by atoms with Gasteiger partial charge >= 0.3 is 0 Å². The van der Waals surface area contributed by atoms with Gasteiger partial charge in [-0.15, -0.1) is 0 Å². The first-order valence-corrected chi connectivity index (χ1v) is 10.2. The molecule has 31 heavy (non-hydrogen) atoms.